The van der Waals surface area contributed by atoms with Crippen molar-refractivity contribution in [3.05, 3.63) is 59.2 Å². The number of aliphatic hydroxyl groups excluding tert-OH is 1. The van der Waals surface area contributed by atoms with Crippen LogP contribution in [0.25, 0.3) is 0 Å². The van der Waals surface area contributed by atoms with Crippen molar-refractivity contribution in [3.8, 4) is 0 Å². The third-order valence-corrected chi connectivity index (χ3v) is 13.1. The number of hydrogen-bond donors (Lipinski definition) is 1. The molecular formula is C40H53NO7. The smallest absolute Gasteiger partial charge is 0.306 e. The number of carbonyl (C=O) groups is 2. The quantitative estimate of drug-likeness (QED) is 0.222. The van der Waals surface area contributed by atoms with Crippen LogP contribution in [0.3, 0.4) is 0 Å². The number of aliphatic hydroxyl groups is 1. The summed E-state index contributed by atoms with van der Waals surface area (Å²) in [4.78, 5) is 32.5. The first-order valence-electron chi connectivity index (χ1n) is 18.4. The van der Waals surface area contributed by atoms with Gasteiger partial charge in [0.15, 0.2) is 18.5 Å². The number of ether oxygens (including phenoxy) is 3. The molecule has 5 fully saturated rings. The van der Waals surface area contributed by atoms with Gasteiger partial charge in [0.2, 0.25) is 5.78 Å². The van der Waals surface area contributed by atoms with Crippen LogP contribution < -0.4 is 0 Å². The number of esters is 1. The first kappa shape index (κ1) is 33.7. The molecule has 5 aliphatic carbocycles. The van der Waals surface area contributed by atoms with E-state index in [1.165, 1.54) is 17.6 Å². The normalized spacial score (nSPS) is 39.6. The number of benzene rings is 1. The summed E-state index contributed by atoms with van der Waals surface area (Å²) in [7, 11) is 0. The minimum absolute atomic E-state index is 0.00986. The highest BCUT2D eigenvalue weighted by molar-refractivity contribution is 6.05. The summed E-state index contributed by atoms with van der Waals surface area (Å²) in [6, 6.07) is 8.26. The van der Waals surface area contributed by atoms with Crippen LogP contribution in [0.15, 0.2) is 53.2 Å². The molecule has 1 saturated heterocycles. The van der Waals surface area contributed by atoms with Crippen molar-refractivity contribution in [1.82, 2.24) is 0 Å². The van der Waals surface area contributed by atoms with Crippen molar-refractivity contribution in [3.63, 3.8) is 0 Å². The number of Topliss-reactive ketones (excluding diaryl/α,β-unsaturated/α-hetero) is 1. The van der Waals surface area contributed by atoms with Crippen LogP contribution in [-0.2, 0) is 35.2 Å². The van der Waals surface area contributed by atoms with Gasteiger partial charge in [0.1, 0.15) is 12.3 Å². The van der Waals surface area contributed by atoms with Gasteiger partial charge in [-0.1, -0.05) is 86.7 Å². The largest absolute Gasteiger partial charge is 0.458 e. The Morgan fingerprint density at radius 2 is 1.85 bits per heavy atom. The molecule has 7 rings (SSSR count). The highest BCUT2D eigenvalue weighted by Crippen LogP contribution is 2.70. The lowest BCUT2D eigenvalue weighted by Gasteiger charge is -2.59. The third-order valence-electron chi connectivity index (χ3n) is 13.1. The minimum Gasteiger partial charge on any atom is -0.458 e. The van der Waals surface area contributed by atoms with Gasteiger partial charge in [0.25, 0.3) is 0 Å². The molecular weight excluding hydrogens is 606 g/mol. The molecule has 1 N–H and O–H groups in total. The van der Waals surface area contributed by atoms with Gasteiger partial charge >= 0.3 is 5.97 Å². The van der Waals surface area contributed by atoms with Crippen molar-refractivity contribution in [2.75, 3.05) is 6.61 Å². The van der Waals surface area contributed by atoms with E-state index in [2.05, 4.69) is 62.3 Å². The molecule has 1 heterocycles. The molecule has 8 heteroatoms. The van der Waals surface area contributed by atoms with Crippen molar-refractivity contribution in [2.45, 2.75) is 129 Å². The van der Waals surface area contributed by atoms with Crippen LogP contribution in [0.4, 0.5) is 0 Å². The van der Waals surface area contributed by atoms with Gasteiger partial charge in [0, 0.05) is 29.1 Å². The van der Waals surface area contributed by atoms with Gasteiger partial charge < -0.3 is 24.2 Å². The zero-order valence-electron chi connectivity index (χ0n) is 29.1. The third kappa shape index (κ3) is 5.60. The molecule has 9 atom stereocenters. The SMILES string of the molecule is CCCC(=O)OCC(=O)[C@@]12OC(C3CCCCC3)O[C@@H]1C[C@H]1[C@@H]3CCC4=C/C(=N\OCc5ccc(C)cc5)C=C[C@]4(C)[C@H]3[C@@H](O)C[C@@]12C. The lowest BCUT2D eigenvalue weighted by atomic mass is 9.46. The van der Waals surface area contributed by atoms with Crippen molar-refractivity contribution < 1.29 is 33.7 Å². The number of fused-ring (bicyclic) bond motifs is 7. The Labute approximate surface area is 285 Å². The zero-order chi connectivity index (χ0) is 33.7. The fourth-order valence-corrected chi connectivity index (χ4v) is 10.7. The highest BCUT2D eigenvalue weighted by Gasteiger charge is 2.76. The second-order valence-electron chi connectivity index (χ2n) is 15.9. The summed E-state index contributed by atoms with van der Waals surface area (Å²) in [5, 5.41) is 16.6. The molecule has 4 saturated carbocycles. The van der Waals surface area contributed by atoms with Crippen molar-refractivity contribution in [1.29, 1.82) is 0 Å². The highest BCUT2D eigenvalue weighted by atomic mass is 16.7. The van der Waals surface area contributed by atoms with Crippen molar-refractivity contribution >= 4 is 17.5 Å². The molecule has 0 aromatic heterocycles. The molecule has 0 bridgehead atoms. The molecule has 1 aromatic rings. The van der Waals surface area contributed by atoms with Gasteiger partial charge in [-0.2, -0.15) is 0 Å². The second kappa shape index (κ2) is 13.1. The Balaban J connectivity index is 1.13. The van der Waals surface area contributed by atoms with E-state index >= 15 is 0 Å². The number of hydrogen-bond acceptors (Lipinski definition) is 8. The summed E-state index contributed by atoms with van der Waals surface area (Å²) in [6.07, 6.45) is 14.3. The maximum Gasteiger partial charge on any atom is 0.306 e. The lowest BCUT2D eigenvalue weighted by molar-refractivity contribution is -0.210. The van der Waals surface area contributed by atoms with Crippen LogP contribution in [0.1, 0.15) is 103 Å². The number of oxime groups is 1. The first-order valence-corrected chi connectivity index (χ1v) is 18.4. The van der Waals surface area contributed by atoms with Crippen LogP contribution in [0.5, 0.6) is 0 Å². The monoisotopic (exact) mass is 659 g/mol. The Kier molecular flexibility index (Phi) is 9.22. The molecule has 0 radical (unpaired) electrons. The summed E-state index contributed by atoms with van der Waals surface area (Å²) in [5.41, 5.74) is 2.11. The van der Waals surface area contributed by atoms with Gasteiger partial charge in [-0.05, 0) is 81.4 Å². The van der Waals surface area contributed by atoms with Crippen LogP contribution in [0.2, 0.25) is 0 Å². The van der Waals surface area contributed by atoms with E-state index in [0.717, 1.165) is 49.8 Å². The molecule has 6 aliphatic rings. The number of aryl methyl sites for hydroxylation is 1. The fraction of sp³-hybridized carbons (Fsp3) is 0.675. The van der Waals surface area contributed by atoms with Gasteiger partial charge in [-0.15, -0.1) is 0 Å². The molecule has 0 spiro atoms. The average molecular weight is 660 g/mol. The second-order valence-corrected chi connectivity index (χ2v) is 15.9. The Morgan fingerprint density at radius 1 is 1.08 bits per heavy atom. The summed E-state index contributed by atoms with van der Waals surface area (Å²) >= 11 is 0. The molecule has 8 nitrogen and oxygen atoms in total. The maximum absolute atomic E-state index is 14.4. The number of carbonyl (C=O) groups excluding carboxylic acids is 2. The topological polar surface area (TPSA) is 104 Å². The predicted octanol–water partition coefficient (Wildman–Crippen LogP) is 7.16. The number of allylic oxidation sites excluding steroid dienone is 4. The number of nitrogens with zero attached hydrogens (tertiary/aromatic N) is 1. The van der Waals surface area contributed by atoms with E-state index in [0.29, 0.717) is 25.9 Å². The summed E-state index contributed by atoms with van der Waals surface area (Å²) < 4.78 is 19.3. The van der Waals surface area contributed by atoms with E-state index in [-0.39, 0.29) is 53.9 Å². The number of rotatable bonds is 9. The lowest BCUT2D eigenvalue weighted by Crippen LogP contribution is -2.63. The Morgan fingerprint density at radius 3 is 2.60 bits per heavy atom. The van der Waals surface area contributed by atoms with E-state index in [1.807, 2.05) is 13.0 Å². The van der Waals surface area contributed by atoms with Crippen LogP contribution in [-0.4, -0.2) is 53.3 Å². The van der Waals surface area contributed by atoms with E-state index in [1.54, 1.807) is 0 Å². The first-order chi connectivity index (χ1) is 23.1. The van der Waals surface area contributed by atoms with Crippen molar-refractivity contribution in [2.24, 2.45) is 39.7 Å². The fourth-order valence-electron chi connectivity index (χ4n) is 10.7. The summed E-state index contributed by atoms with van der Waals surface area (Å²) in [6.45, 7) is 8.48. The molecule has 1 aromatic carbocycles. The molecule has 260 valence electrons. The van der Waals surface area contributed by atoms with E-state index in [4.69, 9.17) is 19.0 Å². The average Bonchev–Trinajstić information content (AvgIpc) is 3.58. The van der Waals surface area contributed by atoms with Crippen LogP contribution in [0, 0.1) is 41.4 Å². The van der Waals surface area contributed by atoms with E-state index < -0.39 is 29.5 Å². The van der Waals surface area contributed by atoms with Gasteiger partial charge in [-0.25, -0.2) is 0 Å². The zero-order valence-corrected chi connectivity index (χ0v) is 29.1. The maximum atomic E-state index is 14.4. The molecule has 1 aliphatic heterocycles. The predicted molar refractivity (Wildman–Crippen MR) is 182 cm³/mol. The molecule has 0 amide bonds. The van der Waals surface area contributed by atoms with E-state index in [9.17, 15) is 14.7 Å². The molecule has 48 heavy (non-hydrogen) atoms. The minimum atomic E-state index is -1.24. The standard InChI is InChI=1S/C40H53NO7/c1-5-9-35(44)45-24-33(43)40-34(47-37(48-40)27-10-7-6-8-11-27)21-31-30-17-16-28-20-29(41-46-23-26-14-12-25(2)13-15-26)18-19-38(28,3)36(30)32(42)22-39(31,40)4/h12-15,18-20,27,30-32,34,36-37,42H,5-11,16-17,21-24H2,1-4H3/b41-29-/t30-,31-,32-,34+,36+,37?,38-,39-,40+/m0/s1. The van der Waals surface area contributed by atoms with Crippen LogP contribution >= 0.6 is 0 Å². The number of ketones is 1. The molecule has 1 unspecified atom stereocenters. The Hall–Kier alpha value is -2.81. The summed E-state index contributed by atoms with van der Waals surface area (Å²) in [5.74, 6) is -0.0254. The van der Waals surface area contributed by atoms with Gasteiger partial charge in [0.05, 0.1) is 12.2 Å². The van der Waals surface area contributed by atoms with Gasteiger partial charge in [-0.3, -0.25) is 9.59 Å². The Bertz CT molecular complexity index is 1480.